The quantitative estimate of drug-likeness (QED) is 0.525. The molecule has 0 N–H and O–H groups in total. The van der Waals surface area contributed by atoms with Gasteiger partial charge in [-0.3, -0.25) is 4.90 Å². The molecule has 0 saturated carbocycles. The SMILES string of the molecule is C#CCN([CH]CC)CCCOc1ccc(Cl)cc1Cl. The van der Waals surface area contributed by atoms with Gasteiger partial charge in [-0.2, -0.15) is 0 Å². The third-order valence-electron chi connectivity index (χ3n) is 2.48. The average molecular weight is 299 g/mol. The average Bonchev–Trinajstić information content (AvgIpc) is 2.37. The van der Waals surface area contributed by atoms with E-state index in [2.05, 4.69) is 24.3 Å². The summed E-state index contributed by atoms with van der Waals surface area (Å²) in [5.74, 6) is 3.31. The van der Waals surface area contributed by atoms with Crippen LogP contribution >= 0.6 is 23.2 Å². The van der Waals surface area contributed by atoms with E-state index in [1.54, 1.807) is 18.2 Å². The van der Waals surface area contributed by atoms with Crippen molar-refractivity contribution in [3.63, 3.8) is 0 Å². The third kappa shape index (κ3) is 6.20. The van der Waals surface area contributed by atoms with E-state index in [-0.39, 0.29) is 0 Å². The molecule has 0 aromatic heterocycles. The molecule has 0 spiro atoms. The number of hydrogen-bond donors (Lipinski definition) is 0. The van der Waals surface area contributed by atoms with Gasteiger partial charge in [0.05, 0.1) is 18.2 Å². The summed E-state index contributed by atoms with van der Waals surface area (Å²) in [5, 5.41) is 1.14. The Balaban J connectivity index is 2.31. The molecule has 4 heteroatoms. The Labute approximate surface area is 125 Å². The Bertz CT molecular complexity index is 429. The molecule has 0 bridgehead atoms. The minimum Gasteiger partial charge on any atom is -0.492 e. The number of hydrogen-bond acceptors (Lipinski definition) is 2. The number of benzene rings is 1. The van der Waals surface area contributed by atoms with E-state index in [4.69, 9.17) is 34.4 Å². The topological polar surface area (TPSA) is 12.5 Å². The lowest BCUT2D eigenvalue weighted by Crippen LogP contribution is -2.23. The van der Waals surface area contributed by atoms with Crippen molar-refractivity contribution in [1.29, 1.82) is 0 Å². The van der Waals surface area contributed by atoms with E-state index in [0.717, 1.165) is 19.4 Å². The van der Waals surface area contributed by atoms with Crippen LogP contribution in [0.4, 0.5) is 0 Å². The van der Waals surface area contributed by atoms with Gasteiger partial charge in [0, 0.05) is 18.1 Å². The Kier molecular flexibility index (Phi) is 7.74. The molecule has 2 nitrogen and oxygen atoms in total. The van der Waals surface area contributed by atoms with E-state index in [1.165, 1.54) is 0 Å². The van der Waals surface area contributed by atoms with Gasteiger partial charge in [0.2, 0.25) is 0 Å². The molecule has 103 valence electrons. The Hall–Kier alpha value is -0.880. The number of rotatable bonds is 8. The fourth-order valence-corrected chi connectivity index (χ4v) is 2.12. The first-order valence-corrected chi connectivity index (χ1v) is 7.01. The lowest BCUT2D eigenvalue weighted by atomic mass is 10.3. The maximum Gasteiger partial charge on any atom is 0.137 e. The summed E-state index contributed by atoms with van der Waals surface area (Å²) in [7, 11) is 0. The van der Waals surface area contributed by atoms with Crippen molar-refractivity contribution < 1.29 is 4.74 Å². The summed E-state index contributed by atoms with van der Waals surface area (Å²) in [6.45, 7) is 6.31. The molecule has 0 fully saturated rings. The van der Waals surface area contributed by atoms with Gasteiger partial charge in [0.15, 0.2) is 0 Å². The maximum atomic E-state index is 6.02. The lowest BCUT2D eigenvalue weighted by molar-refractivity contribution is 0.273. The molecule has 1 rings (SSSR count). The van der Waals surface area contributed by atoms with Crippen LogP contribution in [0.3, 0.4) is 0 Å². The van der Waals surface area contributed by atoms with Gasteiger partial charge in [-0.15, -0.1) is 6.42 Å². The second-order valence-corrected chi connectivity index (χ2v) is 4.89. The normalized spacial score (nSPS) is 10.5. The van der Waals surface area contributed by atoms with E-state index in [1.807, 2.05) is 0 Å². The zero-order valence-corrected chi connectivity index (χ0v) is 12.5. The van der Waals surface area contributed by atoms with Crippen LogP contribution in [0.1, 0.15) is 19.8 Å². The molecule has 0 amide bonds. The van der Waals surface area contributed by atoms with Gasteiger partial charge >= 0.3 is 0 Å². The van der Waals surface area contributed by atoms with Gasteiger partial charge in [0.1, 0.15) is 5.75 Å². The molecule has 0 aliphatic carbocycles. The standard InChI is InChI=1S/C15H18Cl2NO/c1-3-8-18(9-4-2)10-5-11-19-15-7-6-13(16)12-14(15)17/h1,6-7,9,12H,4-5,8,10-11H2,2H3. The zero-order chi connectivity index (χ0) is 14.1. The summed E-state index contributed by atoms with van der Waals surface area (Å²) in [6.07, 6.45) is 7.18. The first-order valence-electron chi connectivity index (χ1n) is 6.26. The summed E-state index contributed by atoms with van der Waals surface area (Å²) in [6, 6.07) is 5.22. The predicted molar refractivity (Wildman–Crippen MR) is 81.6 cm³/mol. The largest absolute Gasteiger partial charge is 0.492 e. The van der Waals surface area contributed by atoms with Crippen molar-refractivity contribution in [3.05, 3.63) is 34.8 Å². The number of nitrogens with zero attached hydrogens (tertiary/aromatic N) is 1. The molecular weight excluding hydrogens is 281 g/mol. The summed E-state index contributed by atoms with van der Waals surface area (Å²) in [4.78, 5) is 2.12. The number of ether oxygens (including phenoxy) is 1. The van der Waals surface area contributed by atoms with Gasteiger partial charge < -0.3 is 4.74 Å². The number of halogens is 2. The van der Waals surface area contributed by atoms with Crippen molar-refractivity contribution in [1.82, 2.24) is 4.90 Å². The van der Waals surface area contributed by atoms with Crippen LogP contribution in [-0.2, 0) is 0 Å². The summed E-state index contributed by atoms with van der Waals surface area (Å²) >= 11 is 11.8. The second kappa shape index (κ2) is 9.09. The van der Waals surface area contributed by atoms with E-state index >= 15 is 0 Å². The summed E-state index contributed by atoms with van der Waals surface area (Å²) < 4.78 is 5.62. The van der Waals surface area contributed by atoms with Crippen LogP contribution in [0.15, 0.2) is 18.2 Å². The molecule has 0 atom stereocenters. The minimum absolute atomic E-state index is 0.535. The predicted octanol–water partition coefficient (Wildman–Crippen LogP) is 4.27. The lowest BCUT2D eigenvalue weighted by Gasteiger charge is -2.18. The monoisotopic (exact) mass is 298 g/mol. The van der Waals surface area contributed by atoms with Crippen molar-refractivity contribution in [2.75, 3.05) is 19.7 Å². The van der Waals surface area contributed by atoms with Gasteiger partial charge in [-0.25, -0.2) is 0 Å². The van der Waals surface area contributed by atoms with E-state index in [0.29, 0.717) is 28.9 Å². The Morgan fingerprint density at radius 3 is 2.84 bits per heavy atom. The highest BCUT2D eigenvalue weighted by molar-refractivity contribution is 6.35. The molecule has 0 aliphatic rings. The van der Waals surface area contributed by atoms with Crippen molar-refractivity contribution in [2.24, 2.45) is 0 Å². The molecule has 1 aromatic rings. The summed E-state index contributed by atoms with van der Waals surface area (Å²) in [5.41, 5.74) is 0. The molecular formula is C15H18Cl2NO. The van der Waals surface area contributed by atoms with Gasteiger partial charge in [-0.05, 0) is 31.0 Å². The van der Waals surface area contributed by atoms with Gasteiger partial charge in [-0.1, -0.05) is 36.0 Å². The molecule has 19 heavy (non-hydrogen) atoms. The second-order valence-electron chi connectivity index (χ2n) is 4.04. The van der Waals surface area contributed by atoms with Crippen LogP contribution in [0.25, 0.3) is 0 Å². The zero-order valence-electron chi connectivity index (χ0n) is 11.0. The van der Waals surface area contributed by atoms with Crippen LogP contribution in [0, 0.1) is 18.9 Å². The minimum atomic E-state index is 0.535. The highest BCUT2D eigenvalue weighted by Gasteiger charge is 2.04. The highest BCUT2D eigenvalue weighted by Crippen LogP contribution is 2.27. The molecule has 0 unspecified atom stereocenters. The maximum absolute atomic E-state index is 6.02. The Morgan fingerprint density at radius 2 is 2.21 bits per heavy atom. The van der Waals surface area contributed by atoms with E-state index < -0.39 is 0 Å². The van der Waals surface area contributed by atoms with Crippen molar-refractivity contribution in [3.8, 4) is 18.1 Å². The van der Waals surface area contributed by atoms with Crippen LogP contribution in [0.5, 0.6) is 5.75 Å². The first-order chi connectivity index (χ1) is 9.17. The van der Waals surface area contributed by atoms with Crippen LogP contribution < -0.4 is 4.74 Å². The van der Waals surface area contributed by atoms with Crippen molar-refractivity contribution in [2.45, 2.75) is 19.8 Å². The Morgan fingerprint density at radius 1 is 1.42 bits per heavy atom. The van der Waals surface area contributed by atoms with Gasteiger partial charge in [0.25, 0.3) is 0 Å². The fraction of sp³-hybridized carbons (Fsp3) is 0.400. The van der Waals surface area contributed by atoms with Crippen molar-refractivity contribution >= 4 is 23.2 Å². The van der Waals surface area contributed by atoms with E-state index in [9.17, 15) is 0 Å². The van der Waals surface area contributed by atoms with Crippen LogP contribution in [-0.4, -0.2) is 24.6 Å². The highest BCUT2D eigenvalue weighted by atomic mass is 35.5. The molecule has 1 radical (unpaired) electrons. The molecule has 0 saturated heterocycles. The molecule has 0 heterocycles. The first kappa shape index (κ1) is 16.2. The molecule has 1 aromatic carbocycles. The third-order valence-corrected chi connectivity index (χ3v) is 3.01. The smallest absolute Gasteiger partial charge is 0.137 e. The van der Waals surface area contributed by atoms with Crippen LogP contribution in [0.2, 0.25) is 10.0 Å². The molecule has 0 aliphatic heterocycles. The number of terminal acetylenes is 1. The fourth-order valence-electron chi connectivity index (χ4n) is 1.65.